The van der Waals surface area contributed by atoms with Crippen molar-refractivity contribution in [3.63, 3.8) is 0 Å². The Morgan fingerprint density at radius 1 is 1.42 bits per heavy atom. The van der Waals surface area contributed by atoms with Gasteiger partial charge in [-0.15, -0.1) is 0 Å². The zero-order chi connectivity index (χ0) is 13.7. The quantitative estimate of drug-likeness (QED) is 0.837. The molecule has 2 rings (SSSR count). The van der Waals surface area contributed by atoms with Gasteiger partial charge in [0.2, 0.25) is 0 Å². The highest BCUT2D eigenvalue weighted by Gasteiger charge is 2.15. The van der Waals surface area contributed by atoms with Crippen LogP contribution in [0.5, 0.6) is 0 Å². The van der Waals surface area contributed by atoms with E-state index in [0.29, 0.717) is 6.54 Å². The predicted octanol–water partition coefficient (Wildman–Crippen LogP) is 2.89. The predicted molar refractivity (Wildman–Crippen MR) is 71.7 cm³/mol. The Morgan fingerprint density at radius 2 is 2.26 bits per heavy atom. The van der Waals surface area contributed by atoms with Gasteiger partial charge in [0.25, 0.3) is 0 Å². The average Bonchev–Trinajstić information content (AvgIpc) is 2.87. The lowest BCUT2D eigenvalue weighted by atomic mass is 10.0. The van der Waals surface area contributed by atoms with E-state index in [-0.39, 0.29) is 12.5 Å². The van der Waals surface area contributed by atoms with Crippen LogP contribution >= 0.6 is 0 Å². The Labute approximate surface area is 112 Å². The molecule has 0 amide bonds. The maximum Gasteiger partial charge on any atom is 0.305 e. The number of hydrogen-bond donors (Lipinski definition) is 2. The molecular formula is C15H17NO3. The summed E-state index contributed by atoms with van der Waals surface area (Å²) >= 11 is 0. The number of hydrogen-bond acceptors (Lipinski definition) is 3. The number of carboxylic acids is 1. The van der Waals surface area contributed by atoms with Gasteiger partial charge in [0.1, 0.15) is 0 Å². The summed E-state index contributed by atoms with van der Waals surface area (Å²) in [7, 11) is 0. The summed E-state index contributed by atoms with van der Waals surface area (Å²) in [6, 6.07) is 9.56. The fourth-order valence-corrected chi connectivity index (χ4v) is 2.00. The Morgan fingerprint density at radius 3 is 2.89 bits per heavy atom. The van der Waals surface area contributed by atoms with Crippen LogP contribution in [0.1, 0.15) is 29.2 Å². The van der Waals surface area contributed by atoms with Crippen molar-refractivity contribution in [3.8, 4) is 0 Å². The number of rotatable bonds is 6. The summed E-state index contributed by atoms with van der Waals surface area (Å²) in [5.74, 6) is -0.814. The van der Waals surface area contributed by atoms with Crippen LogP contribution in [0.25, 0.3) is 0 Å². The second-order valence-corrected chi connectivity index (χ2v) is 4.58. The Hall–Kier alpha value is -2.07. The standard InChI is InChI=1S/C15H17NO3/c1-11-3-2-4-13(7-11)14(8-15(17)18)16-9-12-5-6-19-10-12/h2-7,10,14,16H,8-9H2,1H3,(H,17,18). The van der Waals surface area contributed by atoms with Crippen LogP contribution < -0.4 is 5.32 Å². The van der Waals surface area contributed by atoms with Gasteiger partial charge in [-0.25, -0.2) is 0 Å². The molecule has 0 aliphatic rings. The highest BCUT2D eigenvalue weighted by Crippen LogP contribution is 2.19. The third-order valence-corrected chi connectivity index (χ3v) is 2.96. The minimum Gasteiger partial charge on any atom is -0.481 e. The van der Waals surface area contributed by atoms with Gasteiger partial charge in [0.05, 0.1) is 18.9 Å². The molecule has 0 bridgehead atoms. The SMILES string of the molecule is Cc1cccc(C(CC(=O)O)NCc2ccoc2)c1. The summed E-state index contributed by atoms with van der Waals surface area (Å²) in [4.78, 5) is 11.0. The number of carboxylic acid groups (broad SMARTS) is 1. The normalized spacial score (nSPS) is 12.3. The van der Waals surface area contributed by atoms with Gasteiger partial charge in [-0.1, -0.05) is 29.8 Å². The van der Waals surface area contributed by atoms with Gasteiger partial charge >= 0.3 is 5.97 Å². The van der Waals surface area contributed by atoms with Crippen LogP contribution in [-0.2, 0) is 11.3 Å². The van der Waals surface area contributed by atoms with Crippen molar-refractivity contribution < 1.29 is 14.3 Å². The molecule has 0 aliphatic carbocycles. The molecule has 0 radical (unpaired) electrons. The molecule has 2 aromatic rings. The molecule has 1 aromatic carbocycles. The molecule has 4 nitrogen and oxygen atoms in total. The molecule has 0 fully saturated rings. The number of furan rings is 1. The summed E-state index contributed by atoms with van der Waals surface area (Å²) in [6.07, 6.45) is 3.32. The zero-order valence-electron chi connectivity index (χ0n) is 10.8. The lowest BCUT2D eigenvalue weighted by molar-refractivity contribution is -0.137. The number of carbonyl (C=O) groups is 1. The van der Waals surface area contributed by atoms with E-state index >= 15 is 0 Å². The van der Waals surface area contributed by atoms with Crippen molar-refractivity contribution >= 4 is 5.97 Å². The summed E-state index contributed by atoms with van der Waals surface area (Å²) in [5.41, 5.74) is 3.12. The number of benzene rings is 1. The lowest BCUT2D eigenvalue weighted by Crippen LogP contribution is -2.23. The summed E-state index contributed by atoms with van der Waals surface area (Å²) < 4.78 is 5.00. The van der Waals surface area contributed by atoms with Crippen molar-refractivity contribution in [2.45, 2.75) is 25.9 Å². The third-order valence-electron chi connectivity index (χ3n) is 2.96. The smallest absolute Gasteiger partial charge is 0.305 e. The first-order valence-corrected chi connectivity index (χ1v) is 6.18. The minimum absolute atomic E-state index is 0.0568. The van der Waals surface area contributed by atoms with Crippen molar-refractivity contribution in [2.24, 2.45) is 0 Å². The van der Waals surface area contributed by atoms with Gasteiger partial charge in [-0.05, 0) is 18.6 Å². The molecule has 19 heavy (non-hydrogen) atoms. The minimum atomic E-state index is -0.814. The first kappa shape index (κ1) is 13.4. The monoisotopic (exact) mass is 259 g/mol. The highest BCUT2D eigenvalue weighted by atomic mass is 16.4. The molecule has 100 valence electrons. The van der Waals surface area contributed by atoms with E-state index in [0.717, 1.165) is 16.7 Å². The van der Waals surface area contributed by atoms with Gasteiger partial charge in [-0.3, -0.25) is 4.79 Å². The maximum atomic E-state index is 11.0. The first-order chi connectivity index (χ1) is 9.15. The highest BCUT2D eigenvalue weighted by molar-refractivity contribution is 5.68. The number of nitrogens with one attached hydrogen (secondary N) is 1. The van der Waals surface area contributed by atoms with Crippen LogP contribution in [0, 0.1) is 6.92 Å². The molecule has 0 saturated carbocycles. The molecule has 1 atom stereocenters. The Bertz CT molecular complexity index is 534. The van der Waals surface area contributed by atoms with E-state index in [9.17, 15) is 4.79 Å². The maximum absolute atomic E-state index is 11.0. The Kier molecular flexibility index (Phi) is 4.36. The van der Waals surface area contributed by atoms with Gasteiger partial charge in [0.15, 0.2) is 0 Å². The molecule has 1 aromatic heterocycles. The fraction of sp³-hybridized carbons (Fsp3) is 0.267. The molecule has 2 N–H and O–H groups in total. The molecule has 0 aliphatic heterocycles. The number of aryl methyl sites for hydroxylation is 1. The molecule has 4 heteroatoms. The van der Waals surface area contributed by atoms with Crippen LogP contribution in [-0.4, -0.2) is 11.1 Å². The summed E-state index contributed by atoms with van der Waals surface area (Å²) in [6.45, 7) is 2.58. The molecular weight excluding hydrogens is 242 g/mol. The summed E-state index contributed by atoms with van der Waals surface area (Å²) in [5, 5.41) is 12.3. The fourth-order valence-electron chi connectivity index (χ4n) is 2.00. The second kappa shape index (κ2) is 6.20. The van der Waals surface area contributed by atoms with Gasteiger partial charge in [0, 0.05) is 18.2 Å². The zero-order valence-corrected chi connectivity index (χ0v) is 10.8. The van der Waals surface area contributed by atoms with Crippen molar-refractivity contribution in [1.82, 2.24) is 5.32 Å². The first-order valence-electron chi connectivity index (χ1n) is 6.18. The Balaban J connectivity index is 2.09. The van der Waals surface area contributed by atoms with E-state index in [1.54, 1.807) is 12.5 Å². The van der Waals surface area contributed by atoms with Crippen LogP contribution in [0.4, 0.5) is 0 Å². The molecule has 1 unspecified atom stereocenters. The van der Waals surface area contributed by atoms with E-state index in [1.807, 2.05) is 37.3 Å². The molecule has 1 heterocycles. The van der Waals surface area contributed by atoms with Crippen LogP contribution in [0.2, 0.25) is 0 Å². The van der Waals surface area contributed by atoms with Crippen LogP contribution in [0.15, 0.2) is 47.3 Å². The van der Waals surface area contributed by atoms with E-state index in [2.05, 4.69) is 5.32 Å². The van der Waals surface area contributed by atoms with Gasteiger partial charge in [-0.2, -0.15) is 0 Å². The number of aliphatic carboxylic acids is 1. The second-order valence-electron chi connectivity index (χ2n) is 4.58. The van der Waals surface area contributed by atoms with Crippen LogP contribution in [0.3, 0.4) is 0 Å². The molecule has 0 saturated heterocycles. The van der Waals surface area contributed by atoms with Crippen molar-refractivity contribution in [1.29, 1.82) is 0 Å². The van der Waals surface area contributed by atoms with Crippen molar-refractivity contribution in [3.05, 3.63) is 59.5 Å². The largest absolute Gasteiger partial charge is 0.481 e. The topological polar surface area (TPSA) is 62.5 Å². The van der Waals surface area contributed by atoms with Gasteiger partial charge < -0.3 is 14.8 Å². The van der Waals surface area contributed by atoms with E-state index in [4.69, 9.17) is 9.52 Å². The average molecular weight is 259 g/mol. The third kappa shape index (κ3) is 3.96. The van der Waals surface area contributed by atoms with E-state index < -0.39 is 5.97 Å². The van der Waals surface area contributed by atoms with E-state index in [1.165, 1.54) is 0 Å². The van der Waals surface area contributed by atoms with Crippen molar-refractivity contribution in [2.75, 3.05) is 0 Å². The molecule has 0 spiro atoms. The lowest BCUT2D eigenvalue weighted by Gasteiger charge is -2.17.